The van der Waals surface area contributed by atoms with E-state index in [1.165, 1.54) is 24.3 Å². The lowest BCUT2D eigenvalue weighted by molar-refractivity contribution is -0.274. The van der Waals surface area contributed by atoms with Crippen molar-refractivity contribution in [1.82, 2.24) is 0 Å². The van der Waals surface area contributed by atoms with Crippen LogP contribution in [0.1, 0.15) is 17.2 Å². The Morgan fingerprint density at radius 2 is 1.48 bits per heavy atom. The van der Waals surface area contributed by atoms with Crippen LogP contribution >= 0.6 is 12.4 Å². The van der Waals surface area contributed by atoms with E-state index in [4.69, 9.17) is 5.73 Å². The first-order valence-electron chi connectivity index (χ1n) is 7.17. The Balaban J connectivity index is 0.00000225. The van der Waals surface area contributed by atoms with Crippen LogP contribution in [0.4, 0.5) is 13.2 Å². The van der Waals surface area contributed by atoms with Crippen molar-refractivity contribution < 1.29 is 23.0 Å². The lowest BCUT2D eigenvalue weighted by atomic mass is 9.94. The van der Waals surface area contributed by atoms with E-state index in [1.807, 2.05) is 12.1 Å². The normalized spacial score (nSPS) is 12.5. The van der Waals surface area contributed by atoms with Crippen LogP contribution in [0.15, 0.2) is 60.7 Å². The molecule has 3 nitrogen and oxygen atoms in total. The summed E-state index contributed by atoms with van der Waals surface area (Å²) in [5.41, 5.74) is 7.68. The van der Waals surface area contributed by atoms with Gasteiger partial charge in [0.2, 0.25) is 0 Å². The highest BCUT2D eigenvalue weighted by Gasteiger charge is 2.31. The van der Waals surface area contributed by atoms with Gasteiger partial charge in [-0.2, -0.15) is 0 Å². The second kappa shape index (κ2) is 7.21. The van der Waals surface area contributed by atoms with Crippen LogP contribution in [-0.2, 0) is 0 Å². The second-order valence-corrected chi connectivity index (χ2v) is 5.31. The molecule has 132 valence electrons. The minimum absolute atomic E-state index is 0. The summed E-state index contributed by atoms with van der Waals surface area (Å²) in [7, 11) is 0. The van der Waals surface area contributed by atoms with Crippen LogP contribution in [0.25, 0.3) is 10.8 Å². The summed E-state index contributed by atoms with van der Waals surface area (Å²) >= 11 is 0. The third-order valence-corrected chi connectivity index (χ3v) is 3.74. The number of alkyl halides is 3. The number of fused-ring (bicyclic) bond motifs is 1. The molecular formula is C18H15ClF3NO2. The number of hydrogen-bond acceptors (Lipinski definition) is 3. The monoisotopic (exact) mass is 369 g/mol. The maximum Gasteiger partial charge on any atom is 0.573 e. The Kier molecular flexibility index (Phi) is 5.45. The first-order chi connectivity index (χ1) is 11.3. The molecule has 0 bridgehead atoms. The molecule has 7 heteroatoms. The predicted octanol–water partition coefficient (Wildman–Crippen LogP) is 4.91. The molecule has 3 N–H and O–H groups in total. The van der Waals surface area contributed by atoms with Crippen molar-refractivity contribution >= 4 is 23.2 Å². The summed E-state index contributed by atoms with van der Waals surface area (Å²) in [6.07, 6.45) is -4.73. The van der Waals surface area contributed by atoms with Gasteiger partial charge in [0.15, 0.2) is 0 Å². The third kappa shape index (κ3) is 4.15. The Hall–Kier alpha value is -2.44. The van der Waals surface area contributed by atoms with Gasteiger partial charge in [-0.15, -0.1) is 25.6 Å². The number of rotatable bonds is 3. The van der Waals surface area contributed by atoms with Crippen molar-refractivity contribution in [2.24, 2.45) is 5.73 Å². The lowest BCUT2D eigenvalue weighted by Gasteiger charge is -2.17. The molecular weight excluding hydrogens is 355 g/mol. The van der Waals surface area contributed by atoms with Crippen LogP contribution in [0.5, 0.6) is 11.5 Å². The minimum Gasteiger partial charge on any atom is -0.507 e. The van der Waals surface area contributed by atoms with E-state index in [1.54, 1.807) is 24.3 Å². The summed E-state index contributed by atoms with van der Waals surface area (Å²) in [5.74, 6) is -0.149. The number of aromatic hydroxyl groups is 1. The molecule has 0 aliphatic heterocycles. The molecule has 0 saturated heterocycles. The van der Waals surface area contributed by atoms with Crippen molar-refractivity contribution in [3.63, 3.8) is 0 Å². The van der Waals surface area contributed by atoms with Gasteiger partial charge in [0.1, 0.15) is 11.5 Å². The zero-order valence-corrected chi connectivity index (χ0v) is 13.6. The van der Waals surface area contributed by atoms with Gasteiger partial charge in [0.05, 0.1) is 6.04 Å². The second-order valence-electron chi connectivity index (χ2n) is 5.31. The van der Waals surface area contributed by atoms with E-state index in [0.29, 0.717) is 10.9 Å². The van der Waals surface area contributed by atoms with Crippen molar-refractivity contribution in [2.75, 3.05) is 0 Å². The zero-order chi connectivity index (χ0) is 17.3. The van der Waals surface area contributed by atoms with Crippen LogP contribution in [0, 0.1) is 0 Å². The van der Waals surface area contributed by atoms with Gasteiger partial charge in [-0.05, 0) is 34.7 Å². The Morgan fingerprint density at radius 3 is 2.08 bits per heavy atom. The number of ether oxygens (including phenoxy) is 1. The summed E-state index contributed by atoms with van der Waals surface area (Å²) in [4.78, 5) is 0. The van der Waals surface area contributed by atoms with Gasteiger partial charge in [-0.1, -0.05) is 42.5 Å². The first kappa shape index (κ1) is 18.9. The van der Waals surface area contributed by atoms with Gasteiger partial charge in [-0.3, -0.25) is 0 Å². The standard InChI is InChI=1S/C18H14F3NO2.ClH/c19-18(20,21)24-12-7-5-11(6-8-12)17(22)15-9-10-16(23)14-4-2-1-3-13(14)15;/h1-10,17,23H,22H2;1H/t17-;/m0./s1. The molecule has 0 heterocycles. The fourth-order valence-corrected chi connectivity index (χ4v) is 2.63. The molecule has 0 aliphatic carbocycles. The molecule has 3 aromatic carbocycles. The average molecular weight is 370 g/mol. The van der Waals surface area contributed by atoms with E-state index in [0.717, 1.165) is 10.9 Å². The molecule has 25 heavy (non-hydrogen) atoms. The van der Waals surface area contributed by atoms with E-state index < -0.39 is 12.4 Å². The minimum atomic E-state index is -4.73. The molecule has 0 radical (unpaired) electrons. The van der Waals surface area contributed by atoms with Gasteiger partial charge >= 0.3 is 6.36 Å². The lowest BCUT2D eigenvalue weighted by Crippen LogP contribution is -2.17. The van der Waals surface area contributed by atoms with Crippen molar-refractivity contribution in [2.45, 2.75) is 12.4 Å². The summed E-state index contributed by atoms with van der Waals surface area (Å²) in [5, 5.41) is 11.4. The third-order valence-electron chi connectivity index (χ3n) is 3.74. The molecule has 0 spiro atoms. The highest BCUT2D eigenvalue weighted by Crippen LogP contribution is 2.33. The molecule has 0 aliphatic rings. The van der Waals surface area contributed by atoms with Gasteiger partial charge in [-0.25, -0.2) is 0 Å². The SMILES string of the molecule is Cl.N[C@@H](c1ccc(OC(F)(F)F)cc1)c1ccc(O)c2ccccc12. The zero-order valence-electron chi connectivity index (χ0n) is 12.8. The molecule has 0 unspecified atom stereocenters. The number of nitrogens with two attached hydrogens (primary N) is 1. The van der Waals surface area contributed by atoms with Crippen LogP contribution in [0.3, 0.4) is 0 Å². The molecule has 0 aromatic heterocycles. The molecule has 0 saturated carbocycles. The summed E-state index contributed by atoms with van der Waals surface area (Å²) in [6, 6.07) is 15.4. The molecule has 3 rings (SSSR count). The number of phenols is 1. The van der Waals surface area contributed by atoms with E-state index >= 15 is 0 Å². The van der Waals surface area contributed by atoms with Crippen molar-refractivity contribution in [3.05, 3.63) is 71.8 Å². The largest absolute Gasteiger partial charge is 0.573 e. The Morgan fingerprint density at radius 1 is 0.880 bits per heavy atom. The number of hydrogen-bond donors (Lipinski definition) is 2. The fraction of sp³-hybridized carbons (Fsp3) is 0.111. The fourth-order valence-electron chi connectivity index (χ4n) is 2.63. The highest BCUT2D eigenvalue weighted by molar-refractivity contribution is 5.91. The predicted molar refractivity (Wildman–Crippen MR) is 92.0 cm³/mol. The molecule has 0 fully saturated rings. The highest BCUT2D eigenvalue weighted by atomic mass is 35.5. The van der Waals surface area contributed by atoms with E-state index in [2.05, 4.69) is 4.74 Å². The maximum absolute atomic E-state index is 12.2. The quantitative estimate of drug-likeness (QED) is 0.689. The van der Waals surface area contributed by atoms with Crippen molar-refractivity contribution in [3.8, 4) is 11.5 Å². The maximum atomic E-state index is 12.2. The van der Waals surface area contributed by atoms with Crippen molar-refractivity contribution in [1.29, 1.82) is 0 Å². The number of phenolic OH excluding ortho intramolecular Hbond substituents is 1. The average Bonchev–Trinajstić information content (AvgIpc) is 2.54. The number of benzene rings is 3. The van der Waals surface area contributed by atoms with Crippen LogP contribution in [0.2, 0.25) is 0 Å². The molecule has 0 amide bonds. The van der Waals surface area contributed by atoms with Crippen LogP contribution < -0.4 is 10.5 Å². The van der Waals surface area contributed by atoms with Gasteiger partial charge < -0.3 is 15.6 Å². The summed E-state index contributed by atoms with van der Waals surface area (Å²) in [6.45, 7) is 0. The van der Waals surface area contributed by atoms with Gasteiger partial charge in [0.25, 0.3) is 0 Å². The van der Waals surface area contributed by atoms with Crippen LogP contribution in [-0.4, -0.2) is 11.5 Å². The topological polar surface area (TPSA) is 55.5 Å². The Labute approximate surface area is 148 Å². The van der Waals surface area contributed by atoms with E-state index in [-0.39, 0.29) is 23.9 Å². The first-order valence-corrected chi connectivity index (χ1v) is 7.17. The molecule has 1 atom stereocenters. The Bertz CT molecular complexity index is 866. The van der Waals surface area contributed by atoms with E-state index in [9.17, 15) is 18.3 Å². The van der Waals surface area contributed by atoms with Gasteiger partial charge in [0, 0.05) is 5.39 Å². The smallest absolute Gasteiger partial charge is 0.507 e. The summed E-state index contributed by atoms with van der Waals surface area (Å²) < 4.78 is 40.5. The molecule has 3 aromatic rings. The number of halogens is 4.